The van der Waals surface area contributed by atoms with Gasteiger partial charge < -0.3 is 18.9 Å². The number of carbonyl (C=O) groups is 4. The molecular weight excluding hydrogens is 380 g/mol. The molecule has 0 heterocycles. The summed E-state index contributed by atoms with van der Waals surface area (Å²) < 4.78 is 22.5. The van der Waals surface area contributed by atoms with Crippen molar-refractivity contribution in [2.24, 2.45) is 0 Å². The van der Waals surface area contributed by atoms with E-state index >= 15 is 0 Å². The van der Waals surface area contributed by atoms with E-state index in [4.69, 9.17) is 18.9 Å². The molecule has 160 valence electrons. The van der Waals surface area contributed by atoms with Crippen LogP contribution in [0.1, 0.15) is 55.4 Å². The molecule has 0 saturated carbocycles. The van der Waals surface area contributed by atoms with E-state index in [0.717, 1.165) is 0 Å². The van der Waals surface area contributed by atoms with Crippen molar-refractivity contribution in [2.45, 2.75) is 61.5 Å². The van der Waals surface area contributed by atoms with E-state index in [0.29, 0.717) is 0 Å². The third kappa shape index (κ3) is 12.0. The molecule has 0 aromatic carbocycles. The fourth-order valence-electron chi connectivity index (χ4n) is 2.18. The minimum Gasteiger partial charge on any atom is -0.391 e. The van der Waals surface area contributed by atoms with Crippen LogP contribution in [-0.2, 0) is 38.1 Å². The number of allylic oxidation sites excluding steroid dienone is 8. The van der Waals surface area contributed by atoms with E-state index in [1.54, 1.807) is 0 Å². The summed E-state index contributed by atoms with van der Waals surface area (Å²) in [6.45, 7) is 11.1. The Morgan fingerprint density at radius 1 is 0.448 bits per heavy atom. The van der Waals surface area contributed by atoms with Crippen LogP contribution in [0.3, 0.4) is 0 Å². The lowest BCUT2D eigenvalue weighted by molar-refractivity contribution is -0.454. The van der Waals surface area contributed by atoms with Crippen LogP contribution in [0.4, 0.5) is 0 Å². The van der Waals surface area contributed by atoms with E-state index in [1.807, 2.05) is 0 Å². The molecule has 0 atom stereocenters. The van der Waals surface area contributed by atoms with Gasteiger partial charge in [-0.2, -0.15) is 0 Å². The highest BCUT2D eigenvalue weighted by atomic mass is 17.0. The molecule has 8 nitrogen and oxygen atoms in total. The third-order valence-corrected chi connectivity index (χ3v) is 2.77. The first-order chi connectivity index (χ1) is 13.2. The van der Waals surface area contributed by atoms with Gasteiger partial charge in [-0.3, -0.25) is 19.2 Å². The van der Waals surface area contributed by atoms with Gasteiger partial charge in [0.05, 0.1) is 0 Å². The normalized spacial score (nSPS) is 13.5. The summed E-state index contributed by atoms with van der Waals surface area (Å²) in [4.78, 5) is 45.6. The number of ketones is 4. The topological polar surface area (TPSA) is 105 Å². The number of ether oxygens (including phenoxy) is 4. The maximum atomic E-state index is 11.4. The monoisotopic (exact) mass is 408 g/mol. The second kappa shape index (κ2) is 11.6. The zero-order valence-corrected chi connectivity index (χ0v) is 18.1. The highest BCUT2D eigenvalue weighted by Gasteiger charge is 2.43. The molecule has 0 aliphatic rings. The first-order valence-electron chi connectivity index (χ1n) is 8.76. The van der Waals surface area contributed by atoms with Crippen LogP contribution in [0.15, 0.2) is 47.3 Å². The Labute approximate surface area is 170 Å². The SMILES string of the molecule is CC(=O)/C=C(/C)OC(O/C(C)=C/C(C)=O)(O/C(C)=C/C(C)=O)O/C(C)=C/C(C)=O. The lowest BCUT2D eigenvalue weighted by atomic mass is 10.3. The fraction of sp³-hybridized carbons (Fsp3) is 0.429. The Bertz CT molecular complexity index is 647. The molecule has 0 aliphatic heterocycles. The Balaban J connectivity index is 6.40. The molecule has 29 heavy (non-hydrogen) atoms. The van der Waals surface area contributed by atoms with Crippen molar-refractivity contribution in [2.75, 3.05) is 0 Å². The van der Waals surface area contributed by atoms with Crippen LogP contribution in [0.5, 0.6) is 0 Å². The Morgan fingerprint density at radius 2 is 0.621 bits per heavy atom. The second-order valence-corrected chi connectivity index (χ2v) is 6.37. The minimum absolute atomic E-state index is 0.0689. The van der Waals surface area contributed by atoms with Gasteiger partial charge in [-0.15, -0.1) is 0 Å². The molecule has 0 N–H and O–H groups in total. The standard InChI is InChI=1S/C21H28O8/c1-13(22)9-17(5)26-21(27-18(6)10-14(2)23,28-19(7)11-15(3)24)29-20(8)12-16(4)25/h9-12H,1-8H3/b17-9-,18-10+,19-11+,20-12+. The number of hydrogen-bond acceptors (Lipinski definition) is 8. The number of rotatable bonds is 12. The predicted octanol–water partition coefficient (Wildman–Crippen LogP) is 3.64. The summed E-state index contributed by atoms with van der Waals surface area (Å²) in [5.74, 6) is -0.949. The quantitative estimate of drug-likeness (QED) is 0.274. The van der Waals surface area contributed by atoms with Gasteiger partial charge in [-0.1, -0.05) is 0 Å². The third-order valence-electron chi connectivity index (χ3n) is 2.77. The van der Waals surface area contributed by atoms with Crippen molar-refractivity contribution in [1.29, 1.82) is 0 Å². The van der Waals surface area contributed by atoms with Crippen molar-refractivity contribution in [3.63, 3.8) is 0 Å². The van der Waals surface area contributed by atoms with Crippen LogP contribution >= 0.6 is 0 Å². The van der Waals surface area contributed by atoms with E-state index < -0.39 is 6.16 Å². The van der Waals surface area contributed by atoms with E-state index in [2.05, 4.69) is 0 Å². The molecule has 0 aromatic rings. The molecule has 0 saturated heterocycles. The van der Waals surface area contributed by atoms with Crippen LogP contribution in [-0.4, -0.2) is 29.3 Å². The molecule has 8 heteroatoms. The molecule has 0 rings (SSSR count). The summed E-state index contributed by atoms with van der Waals surface area (Å²) in [7, 11) is 0. The predicted molar refractivity (Wildman–Crippen MR) is 105 cm³/mol. The Kier molecular flexibility index (Phi) is 10.4. The van der Waals surface area contributed by atoms with Crippen LogP contribution < -0.4 is 0 Å². The molecule has 0 amide bonds. The molecular formula is C21H28O8. The number of carbonyl (C=O) groups excluding carboxylic acids is 4. The molecule has 0 aliphatic carbocycles. The van der Waals surface area contributed by atoms with Gasteiger partial charge in [0.1, 0.15) is 23.0 Å². The van der Waals surface area contributed by atoms with Crippen molar-refractivity contribution in [3.05, 3.63) is 47.3 Å². The Hall–Kier alpha value is -3.16. The van der Waals surface area contributed by atoms with Crippen molar-refractivity contribution >= 4 is 23.1 Å². The average molecular weight is 408 g/mol. The largest absolute Gasteiger partial charge is 0.609 e. The maximum absolute atomic E-state index is 11.4. The molecule has 0 bridgehead atoms. The van der Waals surface area contributed by atoms with Gasteiger partial charge >= 0.3 is 6.16 Å². The first kappa shape index (κ1) is 25.8. The zero-order chi connectivity index (χ0) is 22.8. The van der Waals surface area contributed by atoms with E-state index in [-0.39, 0.29) is 46.2 Å². The summed E-state index contributed by atoms with van der Waals surface area (Å²) in [6.07, 6.45) is 2.33. The van der Waals surface area contributed by atoms with Crippen molar-refractivity contribution < 1.29 is 38.1 Å². The minimum atomic E-state index is -2.35. The molecule has 0 unspecified atom stereocenters. The van der Waals surface area contributed by atoms with Crippen LogP contribution in [0.2, 0.25) is 0 Å². The molecule has 0 spiro atoms. The van der Waals surface area contributed by atoms with Gasteiger partial charge in [-0.05, 0) is 55.4 Å². The van der Waals surface area contributed by atoms with Crippen molar-refractivity contribution in [1.82, 2.24) is 0 Å². The van der Waals surface area contributed by atoms with Gasteiger partial charge in [0.2, 0.25) is 0 Å². The Morgan fingerprint density at radius 3 is 0.759 bits per heavy atom. The van der Waals surface area contributed by atoms with Crippen LogP contribution in [0.25, 0.3) is 0 Å². The van der Waals surface area contributed by atoms with Gasteiger partial charge in [0.25, 0.3) is 0 Å². The zero-order valence-electron chi connectivity index (χ0n) is 18.1. The van der Waals surface area contributed by atoms with E-state index in [9.17, 15) is 19.2 Å². The lowest BCUT2D eigenvalue weighted by Crippen LogP contribution is -2.41. The lowest BCUT2D eigenvalue weighted by Gasteiger charge is -2.33. The van der Waals surface area contributed by atoms with Gasteiger partial charge in [0, 0.05) is 24.3 Å². The summed E-state index contributed by atoms with van der Waals surface area (Å²) >= 11 is 0. The smallest absolute Gasteiger partial charge is 0.391 e. The summed E-state index contributed by atoms with van der Waals surface area (Å²) in [5, 5.41) is 0. The first-order valence-corrected chi connectivity index (χ1v) is 8.76. The second-order valence-electron chi connectivity index (χ2n) is 6.37. The molecule has 0 aromatic heterocycles. The van der Waals surface area contributed by atoms with Gasteiger partial charge in [-0.25, -0.2) is 0 Å². The van der Waals surface area contributed by atoms with E-state index in [1.165, 1.54) is 79.7 Å². The maximum Gasteiger partial charge on any atom is 0.609 e. The van der Waals surface area contributed by atoms with Gasteiger partial charge in [0.15, 0.2) is 23.1 Å². The highest BCUT2D eigenvalue weighted by molar-refractivity contribution is 5.88. The fourth-order valence-corrected chi connectivity index (χ4v) is 2.18. The summed E-state index contributed by atoms with van der Waals surface area (Å²) in [6, 6.07) is 0. The number of hydrogen-bond donors (Lipinski definition) is 0. The van der Waals surface area contributed by atoms with Crippen LogP contribution in [0, 0.1) is 0 Å². The molecule has 0 radical (unpaired) electrons. The highest BCUT2D eigenvalue weighted by Crippen LogP contribution is 2.30. The van der Waals surface area contributed by atoms with Crippen molar-refractivity contribution in [3.8, 4) is 0 Å². The summed E-state index contributed by atoms with van der Waals surface area (Å²) in [5.41, 5.74) is 0. The average Bonchev–Trinajstić information content (AvgIpc) is 2.41. The molecule has 0 fully saturated rings.